The van der Waals surface area contributed by atoms with E-state index < -0.39 is 0 Å². The Morgan fingerprint density at radius 3 is 2.43 bits per heavy atom. The molecule has 35 heavy (non-hydrogen) atoms. The van der Waals surface area contributed by atoms with E-state index in [9.17, 15) is 0 Å². The third-order valence-corrected chi connectivity index (χ3v) is 10.1. The van der Waals surface area contributed by atoms with Crippen LogP contribution in [0, 0.1) is 31.2 Å². The van der Waals surface area contributed by atoms with Crippen LogP contribution >= 0.6 is 0 Å². The number of hydrogen-bond acceptors (Lipinski definition) is 2. The summed E-state index contributed by atoms with van der Waals surface area (Å²) in [7, 11) is 0. The van der Waals surface area contributed by atoms with Crippen molar-refractivity contribution in [2.75, 3.05) is 37.6 Å². The number of piperidine rings is 1. The van der Waals surface area contributed by atoms with Crippen LogP contribution in [0.25, 0.3) is 4.85 Å². The van der Waals surface area contributed by atoms with Gasteiger partial charge in [-0.05, 0) is 99.6 Å². The highest BCUT2D eigenvalue weighted by molar-refractivity contribution is 5.62. The number of anilines is 1. The maximum absolute atomic E-state index is 7.23. The number of rotatable bonds is 5. The van der Waals surface area contributed by atoms with Crippen LogP contribution in [0.2, 0.25) is 0 Å². The molecule has 3 nitrogen and oxygen atoms in total. The molecule has 3 fully saturated rings. The minimum atomic E-state index is 0.458. The second kappa shape index (κ2) is 9.62. The molecule has 4 aliphatic rings. The molecule has 0 bridgehead atoms. The maximum atomic E-state index is 7.23. The van der Waals surface area contributed by atoms with Crippen molar-refractivity contribution >= 4 is 11.4 Å². The largest absolute Gasteiger partial charge is 0.371 e. The van der Waals surface area contributed by atoms with E-state index >= 15 is 0 Å². The van der Waals surface area contributed by atoms with Crippen molar-refractivity contribution < 1.29 is 0 Å². The SMILES string of the molecule is [C-]#[N+]c1ccc(N2CC(CN3CCC(C4(C5CCCC5)CCCc5ccccc54)CC3)C2)c(C)c1. The Bertz CT molecular complexity index is 1080. The van der Waals surface area contributed by atoms with Crippen LogP contribution in [0.3, 0.4) is 0 Å². The molecule has 0 aromatic heterocycles. The lowest BCUT2D eigenvalue weighted by atomic mass is 9.54. The van der Waals surface area contributed by atoms with Crippen molar-refractivity contribution in [3.05, 3.63) is 70.6 Å². The number of fused-ring (bicyclic) bond motifs is 1. The van der Waals surface area contributed by atoms with Gasteiger partial charge < -0.3 is 9.80 Å². The molecule has 2 aliphatic heterocycles. The molecule has 2 aliphatic carbocycles. The molecule has 0 amide bonds. The van der Waals surface area contributed by atoms with Crippen LogP contribution in [0.15, 0.2) is 42.5 Å². The normalized spacial score (nSPS) is 26.3. The highest BCUT2D eigenvalue weighted by Crippen LogP contribution is 2.55. The van der Waals surface area contributed by atoms with E-state index in [-0.39, 0.29) is 0 Å². The molecule has 0 radical (unpaired) electrons. The van der Waals surface area contributed by atoms with Crippen LogP contribution < -0.4 is 4.90 Å². The Balaban J connectivity index is 1.09. The fourth-order valence-corrected chi connectivity index (χ4v) is 8.46. The lowest BCUT2D eigenvalue weighted by Gasteiger charge is -2.52. The second-order valence-electron chi connectivity index (χ2n) is 12.0. The monoisotopic (exact) mass is 467 g/mol. The van der Waals surface area contributed by atoms with Gasteiger partial charge in [0.25, 0.3) is 0 Å². The van der Waals surface area contributed by atoms with E-state index in [4.69, 9.17) is 6.57 Å². The summed E-state index contributed by atoms with van der Waals surface area (Å²) in [5, 5.41) is 0. The van der Waals surface area contributed by atoms with E-state index in [0.29, 0.717) is 5.41 Å². The summed E-state index contributed by atoms with van der Waals surface area (Å²) in [6.45, 7) is 15.5. The van der Waals surface area contributed by atoms with E-state index in [1.807, 2.05) is 12.1 Å². The Morgan fingerprint density at radius 1 is 0.943 bits per heavy atom. The summed E-state index contributed by atoms with van der Waals surface area (Å²) in [6, 6.07) is 15.7. The summed E-state index contributed by atoms with van der Waals surface area (Å²) in [4.78, 5) is 8.87. The summed E-state index contributed by atoms with van der Waals surface area (Å²) in [5.74, 6) is 2.56. The first-order valence-corrected chi connectivity index (χ1v) is 14.2. The topological polar surface area (TPSA) is 10.8 Å². The lowest BCUT2D eigenvalue weighted by molar-refractivity contribution is 0.0648. The molecule has 2 heterocycles. The summed E-state index contributed by atoms with van der Waals surface area (Å²) in [5.41, 5.74) is 7.19. The summed E-state index contributed by atoms with van der Waals surface area (Å²) in [6.07, 6.45) is 12.7. The fourth-order valence-electron chi connectivity index (χ4n) is 8.46. The van der Waals surface area contributed by atoms with Crippen molar-refractivity contribution in [1.82, 2.24) is 4.90 Å². The predicted molar refractivity (Wildman–Crippen MR) is 145 cm³/mol. The van der Waals surface area contributed by atoms with Gasteiger partial charge in [-0.3, -0.25) is 0 Å². The molecule has 1 atom stereocenters. The van der Waals surface area contributed by atoms with Gasteiger partial charge in [-0.15, -0.1) is 0 Å². The minimum absolute atomic E-state index is 0.458. The van der Waals surface area contributed by atoms with E-state index in [1.165, 1.54) is 88.7 Å². The molecule has 0 spiro atoms. The lowest BCUT2D eigenvalue weighted by Crippen LogP contribution is -2.54. The number of likely N-dealkylation sites (tertiary alicyclic amines) is 1. The van der Waals surface area contributed by atoms with Crippen LogP contribution in [-0.2, 0) is 11.8 Å². The highest BCUT2D eigenvalue weighted by atomic mass is 15.2. The second-order valence-corrected chi connectivity index (χ2v) is 12.0. The molecule has 184 valence electrons. The van der Waals surface area contributed by atoms with Crippen molar-refractivity contribution in [3.63, 3.8) is 0 Å². The van der Waals surface area contributed by atoms with E-state index in [0.717, 1.165) is 36.5 Å². The summed E-state index contributed by atoms with van der Waals surface area (Å²) < 4.78 is 0. The minimum Gasteiger partial charge on any atom is -0.371 e. The van der Waals surface area contributed by atoms with Gasteiger partial charge in [0.2, 0.25) is 0 Å². The Kier molecular flexibility index (Phi) is 6.35. The molecule has 1 saturated carbocycles. The molecule has 1 unspecified atom stereocenters. The number of benzene rings is 2. The van der Waals surface area contributed by atoms with Gasteiger partial charge in [0.1, 0.15) is 0 Å². The summed E-state index contributed by atoms with van der Waals surface area (Å²) >= 11 is 0. The van der Waals surface area contributed by atoms with Crippen molar-refractivity contribution in [2.24, 2.45) is 17.8 Å². The third-order valence-electron chi connectivity index (χ3n) is 10.1. The van der Waals surface area contributed by atoms with Crippen molar-refractivity contribution in [3.8, 4) is 0 Å². The fraction of sp³-hybridized carbons (Fsp3) is 0.594. The molecule has 2 aromatic rings. The molecular weight excluding hydrogens is 426 g/mol. The van der Waals surface area contributed by atoms with Crippen LogP contribution in [0.1, 0.15) is 68.1 Å². The average Bonchev–Trinajstić information content (AvgIpc) is 3.42. The molecule has 0 N–H and O–H groups in total. The number of nitrogens with zero attached hydrogens (tertiary/aromatic N) is 3. The Labute approximate surface area is 212 Å². The molecule has 3 heteroatoms. The quantitative estimate of drug-likeness (QED) is 0.432. The van der Waals surface area contributed by atoms with Gasteiger partial charge in [0, 0.05) is 36.7 Å². The van der Waals surface area contributed by atoms with Gasteiger partial charge >= 0.3 is 0 Å². The standard InChI is InChI=1S/C32H41N3/c1-24-20-29(33-2)13-14-31(24)35-22-25(23-35)21-34-18-15-28(16-19-34)32(27-10-4-5-11-27)17-7-9-26-8-3-6-12-30(26)32/h3,6,8,12-14,20,25,27-28H,4-5,7,9-11,15-19,21-23H2,1H3. The first-order valence-electron chi connectivity index (χ1n) is 14.2. The molecular formula is C32H41N3. The van der Waals surface area contributed by atoms with E-state index in [2.05, 4.69) is 51.9 Å². The maximum Gasteiger partial charge on any atom is 0.187 e. The van der Waals surface area contributed by atoms with Gasteiger partial charge in [0.15, 0.2) is 5.69 Å². The third kappa shape index (κ3) is 4.19. The number of hydrogen-bond donors (Lipinski definition) is 0. The van der Waals surface area contributed by atoms with Crippen molar-refractivity contribution in [1.29, 1.82) is 0 Å². The van der Waals surface area contributed by atoms with Gasteiger partial charge in [-0.25, -0.2) is 4.85 Å². The van der Waals surface area contributed by atoms with Gasteiger partial charge in [-0.2, -0.15) is 0 Å². The highest BCUT2D eigenvalue weighted by Gasteiger charge is 2.49. The van der Waals surface area contributed by atoms with Crippen LogP contribution in [0.5, 0.6) is 0 Å². The first-order chi connectivity index (χ1) is 17.2. The van der Waals surface area contributed by atoms with E-state index in [1.54, 1.807) is 11.1 Å². The molecule has 2 aromatic carbocycles. The zero-order chi connectivity index (χ0) is 23.8. The zero-order valence-electron chi connectivity index (χ0n) is 21.5. The smallest absolute Gasteiger partial charge is 0.187 e. The zero-order valence-corrected chi connectivity index (χ0v) is 21.5. The predicted octanol–water partition coefficient (Wildman–Crippen LogP) is 7.16. The Morgan fingerprint density at radius 2 is 1.69 bits per heavy atom. The van der Waals surface area contributed by atoms with Crippen molar-refractivity contribution in [2.45, 2.75) is 70.1 Å². The van der Waals surface area contributed by atoms with Crippen LogP contribution in [0.4, 0.5) is 11.4 Å². The number of aryl methyl sites for hydroxylation is 2. The molecule has 6 rings (SSSR count). The van der Waals surface area contributed by atoms with Crippen LogP contribution in [-0.4, -0.2) is 37.6 Å². The van der Waals surface area contributed by atoms with Gasteiger partial charge in [0.05, 0.1) is 6.57 Å². The van der Waals surface area contributed by atoms with Gasteiger partial charge in [-0.1, -0.05) is 49.2 Å². The molecule has 2 saturated heterocycles. The Hall–Kier alpha value is -2.31. The first kappa shape index (κ1) is 23.1. The average molecular weight is 468 g/mol.